The molecule has 0 atom stereocenters. The molecular formula is C17H15N3O4S. The number of carboxylic acids is 1. The van der Waals surface area contributed by atoms with E-state index in [1.807, 2.05) is 30.3 Å². The van der Waals surface area contributed by atoms with Crippen molar-refractivity contribution in [3.8, 4) is 5.69 Å². The van der Waals surface area contributed by atoms with Crippen molar-refractivity contribution in [3.05, 3.63) is 72.6 Å². The molecule has 8 heteroatoms. The summed E-state index contributed by atoms with van der Waals surface area (Å²) in [5, 5.41) is 13.0. The van der Waals surface area contributed by atoms with Crippen molar-refractivity contribution in [2.45, 2.75) is 4.90 Å². The van der Waals surface area contributed by atoms with Crippen LogP contribution in [0.3, 0.4) is 0 Å². The van der Waals surface area contributed by atoms with Gasteiger partial charge in [-0.05, 0) is 36.4 Å². The molecule has 0 aliphatic carbocycles. The molecule has 0 bridgehead atoms. The first kappa shape index (κ1) is 16.7. The van der Waals surface area contributed by atoms with E-state index < -0.39 is 16.0 Å². The first-order valence-corrected chi connectivity index (χ1v) is 8.76. The first-order valence-electron chi connectivity index (χ1n) is 7.32. The van der Waals surface area contributed by atoms with Crippen LogP contribution in [0.4, 0.5) is 5.69 Å². The van der Waals surface area contributed by atoms with E-state index in [1.54, 1.807) is 0 Å². The van der Waals surface area contributed by atoms with Crippen LogP contribution in [0.1, 0.15) is 10.4 Å². The molecule has 0 spiro atoms. The number of sulfonamides is 1. The van der Waals surface area contributed by atoms with Crippen LogP contribution in [-0.4, -0.2) is 36.3 Å². The number of carbonyl (C=O) groups is 1. The Morgan fingerprint density at radius 1 is 1.08 bits per heavy atom. The Morgan fingerprint density at radius 2 is 1.72 bits per heavy atom. The predicted molar refractivity (Wildman–Crippen MR) is 92.6 cm³/mol. The van der Waals surface area contributed by atoms with Gasteiger partial charge in [0.2, 0.25) is 0 Å². The maximum absolute atomic E-state index is 12.8. The predicted octanol–water partition coefficient (Wildman–Crippen LogP) is 2.40. The first-order chi connectivity index (χ1) is 11.9. The molecule has 1 N–H and O–H groups in total. The Hall–Kier alpha value is -3.13. The molecule has 0 unspecified atom stereocenters. The Labute approximate surface area is 144 Å². The Bertz CT molecular complexity index is 996. The molecule has 1 aromatic heterocycles. The van der Waals surface area contributed by atoms with Gasteiger partial charge >= 0.3 is 5.97 Å². The monoisotopic (exact) mass is 357 g/mol. The van der Waals surface area contributed by atoms with Crippen molar-refractivity contribution in [1.29, 1.82) is 0 Å². The van der Waals surface area contributed by atoms with Crippen LogP contribution in [-0.2, 0) is 10.0 Å². The van der Waals surface area contributed by atoms with Crippen molar-refractivity contribution >= 4 is 21.7 Å². The van der Waals surface area contributed by atoms with Gasteiger partial charge in [-0.1, -0.05) is 18.2 Å². The molecule has 0 aliphatic heterocycles. The maximum atomic E-state index is 12.8. The fraction of sp³-hybridized carbons (Fsp3) is 0.0588. The van der Waals surface area contributed by atoms with Gasteiger partial charge in [0.05, 0.1) is 29.3 Å². The zero-order valence-corrected chi connectivity index (χ0v) is 14.1. The summed E-state index contributed by atoms with van der Waals surface area (Å²) in [4.78, 5) is 10.9. The zero-order chi connectivity index (χ0) is 18.0. The highest BCUT2D eigenvalue weighted by Crippen LogP contribution is 2.22. The summed E-state index contributed by atoms with van der Waals surface area (Å²) in [6.07, 6.45) is 2.72. The van der Waals surface area contributed by atoms with Crippen molar-refractivity contribution < 1.29 is 18.3 Å². The summed E-state index contributed by atoms with van der Waals surface area (Å²) in [6.45, 7) is 0. The lowest BCUT2D eigenvalue weighted by Crippen LogP contribution is -2.26. The molecule has 0 saturated carbocycles. The summed E-state index contributed by atoms with van der Waals surface area (Å²) in [6, 6.07) is 14.8. The molecule has 0 fully saturated rings. The topological polar surface area (TPSA) is 92.5 Å². The normalized spacial score (nSPS) is 11.2. The molecule has 0 radical (unpaired) electrons. The zero-order valence-electron chi connectivity index (χ0n) is 13.3. The quantitative estimate of drug-likeness (QED) is 0.757. The fourth-order valence-electron chi connectivity index (χ4n) is 2.27. The number of nitrogens with zero attached hydrogens (tertiary/aromatic N) is 3. The number of anilines is 1. The number of aromatic nitrogens is 2. The van der Waals surface area contributed by atoms with Crippen LogP contribution >= 0.6 is 0 Å². The molecule has 1 heterocycles. The Morgan fingerprint density at radius 3 is 2.32 bits per heavy atom. The third kappa shape index (κ3) is 3.24. The molecule has 2 aromatic carbocycles. The molecule has 0 amide bonds. The summed E-state index contributed by atoms with van der Waals surface area (Å²) in [5.41, 5.74) is 1.20. The van der Waals surface area contributed by atoms with E-state index in [2.05, 4.69) is 5.10 Å². The van der Waals surface area contributed by atoms with Crippen molar-refractivity contribution in [2.24, 2.45) is 0 Å². The lowest BCUT2D eigenvalue weighted by molar-refractivity contribution is 0.0697. The van der Waals surface area contributed by atoms with E-state index >= 15 is 0 Å². The summed E-state index contributed by atoms with van der Waals surface area (Å²) in [5.74, 6) is -1.07. The van der Waals surface area contributed by atoms with Crippen LogP contribution in [0.5, 0.6) is 0 Å². The van der Waals surface area contributed by atoms with E-state index in [9.17, 15) is 13.2 Å². The van der Waals surface area contributed by atoms with Crippen molar-refractivity contribution in [2.75, 3.05) is 11.4 Å². The number of benzene rings is 2. The van der Waals surface area contributed by atoms with Crippen LogP contribution in [0.2, 0.25) is 0 Å². The fourth-order valence-corrected chi connectivity index (χ4v) is 3.40. The Balaban J connectivity index is 1.91. The summed E-state index contributed by atoms with van der Waals surface area (Å²) < 4.78 is 28.1. The van der Waals surface area contributed by atoms with Gasteiger partial charge in [0, 0.05) is 7.05 Å². The smallest absolute Gasteiger partial charge is 0.335 e. The molecule has 7 nitrogen and oxygen atoms in total. The lowest BCUT2D eigenvalue weighted by Gasteiger charge is -2.18. The molecule has 0 saturated heterocycles. The molecule has 128 valence electrons. The minimum Gasteiger partial charge on any atom is -0.478 e. The van der Waals surface area contributed by atoms with Gasteiger partial charge in [0.15, 0.2) is 0 Å². The molecule has 25 heavy (non-hydrogen) atoms. The number of carboxylic acid groups (broad SMARTS) is 1. The number of hydrogen-bond donors (Lipinski definition) is 1. The summed E-state index contributed by atoms with van der Waals surface area (Å²) in [7, 11) is -2.40. The van der Waals surface area contributed by atoms with Gasteiger partial charge in [-0.25, -0.2) is 17.9 Å². The minimum atomic E-state index is -3.81. The van der Waals surface area contributed by atoms with Gasteiger partial charge in [-0.3, -0.25) is 4.31 Å². The van der Waals surface area contributed by atoms with Crippen molar-refractivity contribution in [1.82, 2.24) is 9.78 Å². The molecular weight excluding hydrogens is 342 g/mol. The van der Waals surface area contributed by atoms with Crippen LogP contribution in [0, 0.1) is 0 Å². The SMILES string of the molecule is CN(c1ccc(C(=O)O)cc1)S(=O)(=O)c1cnn(-c2ccccc2)c1. The van der Waals surface area contributed by atoms with Gasteiger partial charge in [-0.2, -0.15) is 5.10 Å². The minimum absolute atomic E-state index is 0.0427. The third-order valence-corrected chi connectivity index (χ3v) is 5.45. The maximum Gasteiger partial charge on any atom is 0.335 e. The Kier molecular flexibility index (Phi) is 4.28. The third-order valence-electron chi connectivity index (χ3n) is 3.72. The standard InChI is InChI=1S/C17H15N3O4S/c1-19(14-9-7-13(8-10-14)17(21)22)25(23,24)16-11-18-20(12-16)15-5-3-2-4-6-15/h2-12H,1H3,(H,21,22). The second kappa shape index (κ2) is 6.40. The number of aromatic carboxylic acids is 1. The van der Waals surface area contributed by atoms with E-state index in [-0.39, 0.29) is 10.5 Å². The largest absolute Gasteiger partial charge is 0.478 e. The van der Waals surface area contributed by atoms with Crippen molar-refractivity contribution in [3.63, 3.8) is 0 Å². The number of rotatable bonds is 5. The van der Waals surface area contributed by atoms with E-state index in [1.165, 1.54) is 48.4 Å². The van der Waals surface area contributed by atoms with Crippen LogP contribution < -0.4 is 4.31 Å². The molecule has 3 rings (SSSR count). The van der Waals surface area contributed by atoms with Gasteiger partial charge in [-0.15, -0.1) is 0 Å². The average molecular weight is 357 g/mol. The number of para-hydroxylation sites is 1. The second-order valence-corrected chi connectivity index (χ2v) is 7.25. The highest BCUT2D eigenvalue weighted by molar-refractivity contribution is 7.92. The highest BCUT2D eigenvalue weighted by atomic mass is 32.2. The van der Waals surface area contributed by atoms with Gasteiger partial charge < -0.3 is 5.11 Å². The van der Waals surface area contributed by atoms with Gasteiger partial charge in [0.1, 0.15) is 4.90 Å². The van der Waals surface area contributed by atoms with E-state index in [4.69, 9.17) is 5.11 Å². The van der Waals surface area contributed by atoms with E-state index in [0.717, 1.165) is 9.99 Å². The van der Waals surface area contributed by atoms with E-state index in [0.29, 0.717) is 5.69 Å². The van der Waals surface area contributed by atoms with Gasteiger partial charge in [0.25, 0.3) is 10.0 Å². The lowest BCUT2D eigenvalue weighted by atomic mass is 10.2. The van der Waals surface area contributed by atoms with Crippen LogP contribution in [0.15, 0.2) is 71.9 Å². The highest BCUT2D eigenvalue weighted by Gasteiger charge is 2.23. The molecule has 3 aromatic rings. The average Bonchev–Trinajstić information content (AvgIpc) is 3.13. The van der Waals surface area contributed by atoms with Crippen LogP contribution in [0.25, 0.3) is 5.69 Å². The number of hydrogen-bond acceptors (Lipinski definition) is 4. The second-order valence-electron chi connectivity index (χ2n) is 5.28. The summed E-state index contributed by atoms with van der Waals surface area (Å²) >= 11 is 0. The molecule has 0 aliphatic rings.